The van der Waals surface area contributed by atoms with Crippen LogP contribution in [0.1, 0.15) is 29.8 Å². The molecule has 8 heteroatoms. The van der Waals surface area contributed by atoms with Crippen molar-refractivity contribution in [2.45, 2.75) is 38.8 Å². The van der Waals surface area contributed by atoms with Gasteiger partial charge >= 0.3 is 12.1 Å². The summed E-state index contributed by atoms with van der Waals surface area (Å²) in [5, 5.41) is 7.12. The van der Waals surface area contributed by atoms with Crippen LogP contribution in [0.25, 0.3) is 0 Å². The van der Waals surface area contributed by atoms with Gasteiger partial charge < -0.3 is 10.0 Å². The number of aryl methyl sites for hydroxylation is 1. The molecule has 128 valence electrons. The number of hydrogen-bond donors (Lipinski definition) is 1. The van der Waals surface area contributed by atoms with Crippen LogP contribution in [0.4, 0.5) is 13.2 Å². The number of fused-ring (bicyclic) bond motifs is 1. The van der Waals surface area contributed by atoms with Crippen molar-refractivity contribution in [1.29, 1.82) is 0 Å². The fraction of sp³-hybridized carbons (Fsp3) is 0.667. The molecule has 1 aliphatic carbocycles. The first-order valence-corrected chi connectivity index (χ1v) is 7.59. The number of carboxylic acid groups (broad SMARTS) is 1. The molecule has 2 heterocycles. The van der Waals surface area contributed by atoms with E-state index in [-0.39, 0.29) is 0 Å². The Hall–Kier alpha value is -1.70. The summed E-state index contributed by atoms with van der Waals surface area (Å²) in [5.41, 5.74) is 3.87. The van der Waals surface area contributed by atoms with Gasteiger partial charge in [0.25, 0.3) is 0 Å². The third-order valence-electron chi connectivity index (χ3n) is 4.05. The summed E-state index contributed by atoms with van der Waals surface area (Å²) >= 11 is 0. The van der Waals surface area contributed by atoms with Crippen LogP contribution in [0, 0.1) is 12.8 Å². The van der Waals surface area contributed by atoms with E-state index in [0.29, 0.717) is 0 Å². The molecule has 0 aromatic carbocycles. The molecule has 1 N–H and O–H groups in total. The number of halogens is 3. The smallest absolute Gasteiger partial charge is 0.475 e. The molecule has 23 heavy (non-hydrogen) atoms. The summed E-state index contributed by atoms with van der Waals surface area (Å²) in [5.74, 6) is -1.76. The Balaban J connectivity index is 0.000000236. The quantitative estimate of drug-likeness (QED) is 0.900. The van der Waals surface area contributed by atoms with Crippen LogP contribution in [0.5, 0.6) is 0 Å². The number of nitrogens with zero attached hydrogens (tertiary/aromatic N) is 3. The second-order valence-electron chi connectivity index (χ2n) is 5.93. The Labute approximate surface area is 132 Å². The van der Waals surface area contributed by atoms with Gasteiger partial charge in [-0.25, -0.2) is 14.8 Å². The maximum Gasteiger partial charge on any atom is 0.490 e. The van der Waals surface area contributed by atoms with E-state index in [4.69, 9.17) is 9.90 Å². The molecule has 0 saturated heterocycles. The Morgan fingerprint density at radius 3 is 2.48 bits per heavy atom. The highest BCUT2D eigenvalue weighted by atomic mass is 19.4. The Kier molecular flexibility index (Phi) is 5.56. The Morgan fingerprint density at radius 1 is 1.30 bits per heavy atom. The highest BCUT2D eigenvalue weighted by Crippen LogP contribution is 2.30. The van der Waals surface area contributed by atoms with E-state index < -0.39 is 12.1 Å². The lowest BCUT2D eigenvalue weighted by atomic mass is 10.1. The monoisotopic (exact) mass is 331 g/mol. The summed E-state index contributed by atoms with van der Waals surface area (Å²) in [7, 11) is 0. The van der Waals surface area contributed by atoms with E-state index >= 15 is 0 Å². The standard InChI is InChI=1S/C13H19N3.C2HF3O2/c1-10-12-4-6-16(8-11-2-3-11)7-5-13(12)15-9-14-10;3-2(4,5)1(6)7/h9,11H,2-8H2,1H3;(H,6,7). The molecule has 0 atom stereocenters. The van der Waals surface area contributed by atoms with Crippen molar-refractivity contribution >= 4 is 5.97 Å². The van der Waals surface area contributed by atoms with Gasteiger partial charge in [0, 0.05) is 37.4 Å². The van der Waals surface area contributed by atoms with Gasteiger partial charge in [-0.05, 0) is 37.7 Å². The molecule has 0 unspecified atom stereocenters. The van der Waals surface area contributed by atoms with Crippen molar-refractivity contribution in [3.63, 3.8) is 0 Å². The molecule has 0 spiro atoms. The predicted octanol–water partition coefficient (Wildman–Crippen LogP) is 2.23. The minimum atomic E-state index is -5.08. The van der Waals surface area contributed by atoms with Gasteiger partial charge in [-0.1, -0.05) is 0 Å². The zero-order valence-electron chi connectivity index (χ0n) is 12.9. The van der Waals surface area contributed by atoms with Crippen LogP contribution in [0.15, 0.2) is 6.33 Å². The van der Waals surface area contributed by atoms with Gasteiger partial charge in [0.1, 0.15) is 6.33 Å². The van der Waals surface area contributed by atoms with Gasteiger partial charge in [-0.15, -0.1) is 0 Å². The highest BCUT2D eigenvalue weighted by Gasteiger charge is 2.38. The van der Waals surface area contributed by atoms with Crippen LogP contribution in [0.3, 0.4) is 0 Å². The minimum Gasteiger partial charge on any atom is -0.475 e. The van der Waals surface area contributed by atoms with Crippen molar-refractivity contribution in [3.05, 3.63) is 23.3 Å². The van der Waals surface area contributed by atoms with Gasteiger partial charge in [-0.3, -0.25) is 0 Å². The first-order chi connectivity index (χ1) is 10.8. The number of aromatic nitrogens is 2. The average Bonchev–Trinajstić information content (AvgIpc) is 3.27. The van der Waals surface area contributed by atoms with E-state index in [2.05, 4.69) is 21.8 Å². The van der Waals surface area contributed by atoms with E-state index in [1.807, 2.05) is 0 Å². The van der Waals surface area contributed by atoms with Crippen LogP contribution in [-0.2, 0) is 17.6 Å². The molecular formula is C15H20F3N3O2. The minimum absolute atomic E-state index is 0.994. The molecule has 1 aromatic heterocycles. The van der Waals surface area contributed by atoms with Gasteiger partial charge in [-0.2, -0.15) is 13.2 Å². The van der Waals surface area contributed by atoms with E-state index in [0.717, 1.165) is 18.8 Å². The summed E-state index contributed by atoms with van der Waals surface area (Å²) in [6.07, 6.45) is 1.76. The van der Waals surface area contributed by atoms with Gasteiger partial charge in [0.05, 0.1) is 0 Å². The fourth-order valence-electron chi connectivity index (χ4n) is 2.58. The average molecular weight is 331 g/mol. The zero-order valence-corrected chi connectivity index (χ0v) is 12.9. The van der Waals surface area contributed by atoms with Crippen molar-refractivity contribution in [1.82, 2.24) is 14.9 Å². The summed E-state index contributed by atoms with van der Waals surface area (Å²) in [4.78, 5) is 20.2. The zero-order chi connectivity index (χ0) is 17.0. The van der Waals surface area contributed by atoms with E-state index in [1.54, 1.807) is 6.33 Å². The molecule has 0 bridgehead atoms. The van der Waals surface area contributed by atoms with Gasteiger partial charge in [0.15, 0.2) is 0 Å². The number of carbonyl (C=O) groups is 1. The molecule has 1 aliphatic heterocycles. The summed E-state index contributed by atoms with van der Waals surface area (Å²) in [6.45, 7) is 5.79. The van der Waals surface area contributed by atoms with Crippen LogP contribution in [0.2, 0.25) is 0 Å². The molecule has 0 amide bonds. The lowest BCUT2D eigenvalue weighted by Crippen LogP contribution is -2.28. The number of aliphatic carboxylic acids is 1. The SMILES string of the molecule is Cc1ncnc2c1CCN(CC1CC1)CC2.O=C(O)C(F)(F)F. The number of alkyl halides is 3. The molecule has 1 aromatic rings. The second-order valence-corrected chi connectivity index (χ2v) is 5.93. The maximum atomic E-state index is 10.6. The van der Waals surface area contributed by atoms with Crippen molar-refractivity contribution in [2.75, 3.05) is 19.6 Å². The first-order valence-electron chi connectivity index (χ1n) is 7.59. The summed E-state index contributed by atoms with van der Waals surface area (Å²) < 4.78 is 31.7. The van der Waals surface area contributed by atoms with Gasteiger partial charge in [0.2, 0.25) is 0 Å². The maximum absolute atomic E-state index is 10.6. The largest absolute Gasteiger partial charge is 0.490 e. The molecule has 3 rings (SSSR count). The lowest BCUT2D eigenvalue weighted by molar-refractivity contribution is -0.192. The third kappa shape index (κ3) is 5.46. The molecule has 1 saturated carbocycles. The van der Waals surface area contributed by atoms with Crippen molar-refractivity contribution < 1.29 is 23.1 Å². The number of carboxylic acids is 1. The Bertz CT molecular complexity index is 559. The summed E-state index contributed by atoms with van der Waals surface area (Å²) in [6, 6.07) is 0. The normalized spacial score (nSPS) is 18.4. The van der Waals surface area contributed by atoms with Crippen LogP contribution >= 0.6 is 0 Å². The molecule has 2 aliphatic rings. The molecular weight excluding hydrogens is 311 g/mol. The van der Waals surface area contributed by atoms with E-state index in [1.165, 1.54) is 49.4 Å². The molecule has 0 radical (unpaired) electrons. The van der Waals surface area contributed by atoms with E-state index in [9.17, 15) is 13.2 Å². The molecule has 5 nitrogen and oxygen atoms in total. The number of rotatable bonds is 2. The second kappa shape index (κ2) is 7.25. The lowest BCUT2D eigenvalue weighted by Gasteiger charge is -2.18. The molecule has 1 fully saturated rings. The van der Waals surface area contributed by atoms with Crippen LogP contribution < -0.4 is 0 Å². The van der Waals surface area contributed by atoms with Crippen molar-refractivity contribution in [3.8, 4) is 0 Å². The highest BCUT2D eigenvalue weighted by molar-refractivity contribution is 5.73. The predicted molar refractivity (Wildman–Crippen MR) is 77.0 cm³/mol. The Morgan fingerprint density at radius 2 is 1.91 bits per heavy atom. The third-order valence-corrected chi connectivity index (χ3v) is 4.05. The fourth-order valence-corrected chi connectivity index (χ4v) is 2.58. The first kappa shape index (κ1) is 17.7. The van der Waals surface area contributed by atoms with Crippen LogP contribution in [-0.4, -0.2) is 51.8 Å². The van der Waals surface area contributed by atoms with Crippen molar-refractivity contribution in [2.24, 2.45) is 5.92 Å². The topological polar surface area (TPSA) is 66.3 Å². The number of hydrogen-bond acceptors (Lipinski definition) is 4.